The number of carbonyl (C=O) groups excluding carboxylic acids is 1. The molecule has 142 valence electrons. The van der Waals surface area contributed by atoms with Gasteiger partial charge in [-0.2, -0.15) is 0 Å². The van der Waals surface area contributed by atoms with E-state index >= 15 is 0 Å². The lowest BCUT2D eigenvalue weighted by molar-refractivity contribution is -0.385. The van der Waals surface area contributed by atoms with Gasteiger partial charge in [-0.3, -0.25) is 14.9 Å². The number of nitro groups is 1. The van der Waals surface area contributed by atoms with E-state index in [1.54, 1.807) is 19.1 Å². The number of hydrogen-bond donors (Lipinski definition) is 2. The van der Waals surface area contributed by atoms with Gasteiger partial charge in [0.2, 0.25) is 5.91 Å². The number of anilines is 2. The Morgan fingerprint density at radius 2 is 1.61 bits per heavy atom. The Kier molecular flexibility index (Phi) is 6.01. The normalized spacial score (nSPS) is 10.3. The number of hydrogen-bond acceptors (Lipinski definition) is 4. The zero-order valence-electron chi connectivity index (χ0n) is 15.5. The van der Waals surface area contributed by atoms with E-state index in [0.29, 0.717) is 17.7 Å². The summed E-state index contributed by atoms with van der Waals surface area (Å²) >= 11 is 0. The zero-order valence-corrected chi connectivity index (χ0v) is 15.5. The Morgan fingerprint density at radius 1 is 0.929 bits per heavy atom. The van der Waals surface area contributed by atoms with Crippen LogP contribution in [0, 0.1) is 17.0 Å². The molecule has 0 fully saturated rings. The number of para-hydroxylation sites is 1. The quantitative estimate of drug-likeness (QED) is 0.469. The molecule has 0 aliphatic carbocycles. The molecule has 2 N–H and O–H groups in total. The molecule has 3 rings (SSSR count). The van der Waals surface area contributed by atoms with E-state index in [1.165, 1.54) is 6.07 Å². The molecule has 28 heavy (non-hydrogen) atoms. The fourth-order valence-corrected chi connectivity index (χ4v) is 2.99. The molecule has 0 spiro atoms. The number of amides is 1. The average Bonchev–Trinajstić information content (AvgIpc) is 2.69. The molecule has 0 unspecified atom stereocenters. The van der Waals surface area contributed by atoms with Crippen molar-refractivity contribution in [2.75, 3.05) is 17.2 Å². The minimum Gasteiger partial charge on any atom is -0.376 e. The van der Waals surface area contributed by atoms with Crippen molar-refractivity contribution in [2.24, 2.45) is 0 Å². The third kappa shape index (κ3) is 4.73. The second kappa shape index (κ2) is 8.81. The first-order valence-electron chi connectivity index (χ1n) is 8.94. The molecule has 6 heteroatoms. The largest absolute Gasteiger partial charge is 0.376 e. The highest BCUT2D eigenvalue weighted by Crippen LogP contribution is 2.25. The highest BCUT2D eigenvalue weighted by Gasteiger charge is 2.14. The molecule has 0 aromatic heterocycles. The number of benzene rings is 3. The second-order valence-corrected chi connectivity index (χ2v) is 6.43. The van der Waals surface area contributed by atoms with Crippen LogP contribution in [-0.2, 0) is 11.2 Å². The van der Waals surface area contributed by atoms with Gasteiger partial charge >= 0.3 is 0 Å². The lowest BCUT2D eigenvalue weighted by atomic mass is 10.0. The minimum absolute atomic E-state index is 0.0156. The van der Waals surface area contributed by atoms with Crippen molar-refractivity contribution in [3.8, 4) is 0 Å². The Balaban J connectivity index is 1.66. The molecule has 0 saturated carbocycles. The first-order chi connectivity index (χ1) is 13.5. The van der Waals surface area contributed by atoms with Crippen molar-refractivity contribution >= 4 is 23.0 Å². The van der Waals surface area contributed by atoms with Gasteiger partial charge in [-0.1, -0.05) is 54.6 Å². The van der Waals surface area contributed by atoms with Gasteiger partial charge in [0.05, 0.1) is 11.5 Å². The van der Waals surface area contributed by atoms with Gasteiger partial charge in [-0.15, -0.1) is 0 Å². The number of carbonyl (C=O) groups is 1. The maximum absolute atomic E-state index is 12.4. The van der Waals surface area contributed by atoms with Crippen LogP contribution in [0.2, 0.25) is 0 Å². The Bertz CT molecular complexity index is 987. The van der Waals surface area contributed by atoms with Crippen LogP contribution < -0.4 is 10.6 Å². The third-order valence-electron chi connectivity index (χ3n) is 4.47. The van der Waals surface area contributed by atoms with Crippen LogP contribution in [-0.4, -0.2) is 17.4 Å². The van der Waals surface area contributed by atoms with Crippen LogP contribution in [0.4, 0.5) is 17.1 Å². The molecule has 0 heterocycles. The SMILES string of the molecule is Cc1c(NCC(=O)Nc2ccccc2Cc2ccccc2)cccc1[N+](=O)[O-]. The molecule has 3 aromatic carbocycles. The zero-order chi connectivity index (χ0) is 19.9. The van der Waals surface area contributed by atoms with Crippen LogP contribution in [0.15, 0.2) is 72.8 Å². The summed E-state index contributed by atoms with van der Waals surface area (Å²) in [5, 5.41) is 16.9. The van der Waals surface area contributed by atoms with E-state index in [-0.39, 0.29) is 18.1 Å². The fourth-order valence-electron chi connectivity index (χ4n) is 2.99. The molecule has 0 atom stereocenters. The monoisotopic (exact) mass is 375 g/mol. The summed E-state index contributed by atoms with van der Waals surface area (Å²) < 4.78 is 0. The van der Waals surface area contributed by atoms with Crippen molar-refractivity contribution in [1.29, 1.82) is 0 Å². The van der Waals surface area contributed by atoms with Crippen LogP contribution in [0.25, 0.3) is 0 Å². The summed E-state index contributed by atoms with van der Waals surface area (Å²) in [6, 6.07) is 22.5. The molecule has 0 saturated heterocycles. The molecule has 1 amide bonds. The number of nitrogens with zero attached hydrogens (tertiary/aromatic N) is 1. The number of nitrogens with one attached hydrogen (secondary N) is 2. The number of rotatable bonds is 7. The first kappa shape index (κ1) is 19.1. The van der Waals surface area contributed by atoms with E-state index in [0.717, 1.165) is 16.8 Å². The Hall–Kier alpha value is -3.67. The summed E-state index contributed by atoms with van der Waals surface area (Å²) in [6.45, 7) is 1.68. The number of nitro benzene ring substituents is 1. The van der Waals surface area contributed by atoms with Gasteiger partial charge in [-0.05, 0) is 36.6 Å². The smallest absolute Gasteiger partial charge is 0.274 e. The molecular formula is C22H21N3O3. The lowest BCUT2D eigenvalue weighted by Crippen LogP contribution is -2.22. The highest BCUT2D eigenvalue weighted by molar-refractivity contribution is 5.94. The molecule has 0 radical (unpaired) electrons. The summed E-state index contributed by atoms with van der Waals surface area (Å²) in [5.41, 5.74) is 4.04. The van der Waals surface area contributed by atoms with Gasteiger partial charge in [0, 0.05) is 23.0 Å². The van der Waals surface area contributed by atoms with Crippen LogP contribution in [0.5, 0.6) is 0 Å². The molecule has 0 aliphatic rings. The van der Waals surface area contributed by atoms with Gasteiger partial charge in [0.25, 0.3) is 5.69 Å². The van der Waals surface area contributed by atoms with Crippen molar-refractivity contribution in [1.82, 2.24) is 0 Å². The Morgan fingerprint density at radius 3 is 2.36 bits per heavy atom. The molecule has 6 nitrogen and oxygen atoms in total. The topological polar surface area (TPSA) is 84.3 Å². The fraction of sp³-hybridized carbons (Fsp3) is 0.136. The highest BCUT2D eigenvalue weighted by atomic mass is 16.6. The third-order valence-corrected chi connectivity index (χ3v) is 4.47. The Labute approximate surface area is 163 Å². The van der Waals surface area contributed by atoms with Crippen LogP contribution >= 0.6 is 0 Å². The maximum atomic E-state index is 12.4. The molecule has 0 bridgehead atoms. The standard InChI is InChI=1S/C22H21N3O3/c1-16-19(12-7-13-21(16)25(27)28)23-15-22(26)24-20-11-6-5-10-18(20)14-17-8-3-2-4-9-17/h2-13,23H,14-15H2,1H3,(H,24,26). The molecule has 3 aromatic rings. The van der Waals surface area contributed by atoms with E-state index in [4.69, 9.17) is 0 Å². The van der Waals surface area contributed by atoms with Crippen molar-refractivity contribution < 1.29 is 9.72 Å². The van der Waals surface area contributed by atoms with E-state index in [1.807, 2.05) is 54.6 Å². The van der Waals surface area contributed by atoms with Crippen molar-refractivity contribution in [3.63, 3.8) is 0 Å². The minimum atomic E-state index is -0.430. The predicted molar refractivity (Wildman–Crippen MR) is 111 cm³/mol. The second-order valence-electron chi connectivity index (χ2n) is 6.43. The maximum Gasteiger partial charge on any atom is 0.274 e. The van der Waals surface area contributed by atoms with Gasteiger partial charge in [0.15, 0.2) is 0 Å². The van der Waals surface area contributed by atoms with E-state index in [2.05, 4.69) is 10.6 Å². The lowest BCUT2D eigenvalue weighted by Gasteiger charge is -2.13. The van der Waals surface area contributed by atoms with Crippen LogP contribution in [0.3, 0.4) is 0 Å². The van der Waals surface area contributed by atoms with E-state index in [9.17, 15) is 14.9 Å². The molecular weight excluding hydrogens is 354 g/mol. The summed E-state index contributed by atoms with van der Waals surface area (Å²) in [5.74, 6) is -0.216. The summed E-state index contributed by atoms with van der Waals surface area (Å²) in [4.78, 5) is 23.0. The van der Waals surface area contributed by atoms with Crippen molar-refractivity contribution in [2.45, 2.75) is 13.3 Å². The van der Waals surface area contributed by atoms with Gasteiger partial charge < -0.3 is 10.6 Å². The van der Waals surface area contributed by atoms with Crippen LogP contribution in [0.1, 0.15) is 16.7 Å². The summed E-state index contributed by atoms with van der Waals surface area (Å²) in [6.07, 6.45) is 0.717. The predicted octanol–water partition coefficient (Wildman–Crippen LogP) is 4.54. The first-order valence-corrected chi connectivity index (χ1v) is 8.94. The van der Waals surface area contributed by atoms with Gasteiger partial charge in [0.1, 0.15) is 0 Å². The van der Waals surface area contributed by atoms with E-state index < -0.39 is 4.92 Å². The van der Waals surface area contributed by atoms with Crippen molar-refractivity contribution in [3.05, 3.63) is 99.6 Å². The summed E-state index contributed by atoms with van der Waals surface area (Å²) in [7, 11) is 0. The average molecular weight is 375 g/mol. The molecule has 0 aliphatic heterocycles. The van der Waals surface area contributed by atoms with Gasteiger partial charge in [-0.25, -0.2) is 0 Å².